The number of urea groups is 1. The van der Waals surface area contributed by atoms with Crippen molar-refractivity contribution in [2.75, 3.05) is 13.1 Å². The van der Waals surface area contributed by atoms with Crippen molar-refractivity contribution < 1.29 is 9.21 Å². The molecule has 0 radical (unpaired) electrons. The highest BCUT2D eigenvalue weighted by molar-refractivity contribution is 5.75. The minimum absolute atomic E-state index is 0.0256. The van der Waals surface area contributed by atoms with Gasteiger partial charge in [0.25, 0.3) is 0 Å². The van der Waals surface area contributed by atoms with Crippen LogP contribution in [-0.2, 0) is 0 Å². The molecule has 17 heavy (non-hydrogen) atoms. The summed E-state index contributed by atoms with van der Waals surface area (Å²) < 4.78 is 5.40. The first kappa shape index (κ1) is 12.0. The van der Waals surface area contributed by atoms with E-state index < -0.39 is 0 Å². The number of hydrogen-bond donors (Lipinski definition) is 1. The lowest BCUT2D eigenvalue weighted by Crippen LogP contribution is -2.40. The van der Waals surface area contributed by atoms with Crippen molar-refractivity contribution >= 4 is 6.03 Å². The van der Waals surface area contributed by atoms with Gasteiger partial charge in [-0.2, -0.15) is 0 Å². The van der Waals surface area contributed by atoms with Gasteiger partial charge in [0.1, 0.15) is 5.76 Å². The number of furan rings is 1. The van der Waals surface area contributed by atoms with Gasteiger partial charge in [0.15, 0.2) is 0 Å². The Balaban J connectivity index is 1.97. The van der Waals surface area contributed by atoms with Crippen molar-refractivity contribution in [3.63, 3.8) is 0 Å². The van der Waals surface area contributed by atoms with Crippen LogP contribution in [0.2, 0.25) is 0 Å². The number of hydrogen-bond acceptors (Lipinski definition) is 2. The zero-order valence-electron chi connectivity index (χ0n) is 10.5. The highest BCUT2D eigenvalue weighted by Gasteiger charge is 2.31. The molecule has 2 heterocycles. The third-order valence-corrected chi connectivity index (χ3v) is 3.05. The Morgan fingerprint density at radius 3 is 3.12 bits per heavy atom. The van der Waals surface area contributed by atoms with E-state index in [4.69, 9.17) is 4.42 Å². The molecule has 4 nitrogen and oxygen atoms in total. The Kier molecular flexibility index (Phi) is 3.71. The largest absolute Gasteiger partial charge is 0.467 e. The lowest BCUT2D eigenvalue weighted by atomic mass is 10.2. The maximum absolute atomic E-state index is 12.0. The van der Waals surface area contributed by atoms with E-state index >= 15 is 0 Å². The molecule has 1 N–H and O–H groups in total. The molecule has 0 aliphatic carbocycles. The Morgan fingerprint density at radius 2 is 2.47 bits per heavy atom. The van der Waals surface area contributed by atoms with E-state index in [-0.39, 0.29) is 12.1 Å². The summed E-state index contributed by atoms with van der Waals surface area (Å²) in [6.07, 6.45) is 3.70. The molecule has 1 fully saturated rings. The highest BCUT2D eigenvalue weighted by Crippen LogP contribution is 2.31. The minimum atomic E-state index is 0.0256. The Hall–Kier alpha value is -1.45. The molecule has 1 atom stereocenters. The lowest BCUT2D eigenvalue weighted by Gasteiger charge is -2.24. The van der Waals surface area contributed by atoms with Crippen LogP contribution in [0.4, 0.5) is 4.79 Å². The van der Waals surface area contributed by atoms with Crippen LogP contribution in [0.25, 0.3) is 0 Å². The monoisotopic (exact) mass is 236 g/mol. The van der Waals surface area contributed by atoms with Gasteiger partial charge in [-0.25, -0.2) is 4.79 Å². The van der Waals surface area contributed by atoms with Crippen LogP contribution in [0, 0.1) is 5.92 Å². The van der Waals surface area contributed by atoms with Gasteiger partial charge < -0.3 is 14.6 Å². The molecule has 1 aliphatic rings. The summed E-state index contributed by atoms with van der Waals surface area (Å²) in [4.78, 5) is 13.9. The summed E-state index contributed by atoms with van der Waals surface area (Å²) >= 11 is 0. The van der Waals surface area contributed by atoms with Crippen LogP contribution in [0.1, 0.15) is 38.5 Å². The molecule has 0 aromatic carbocycles. The molecule has 1 aromatic rings. The molecular weight excluding hydrogens is 216 g/mol. The molecule has 0 spiro atoms. The molecule has 2 rings (SSSR count). The van der Waals surface area contributed by atoms with Gasteiger partial charge in [-0.05, 0) is 30.9 Å². The molecular formula is C13H20N2O2. The van der Waals surface area contributed by atoms with Crippen LogP contribution < -0.4 is 5.32 Å². The lowest BCUT2D eigenvalue weighted by molar-refractivity contribution is 0.185. The maximum atomic E-state index is 12.0. The SMILES string of the molecule is CC(C)CNC(=O)N1CCCC1c1ccco1. The normalized spacial score (nSPS) is 19.9. The summed E-state index contributed by atoms with van der Waals surface area (Å²) in [7, 11) is 0. The molecule has 2 amide bonds. The first-order valence-electron chi connectivity index (χ1n) is 6.26. The number of amides is 2. The number of carbonyl (C=O) groups is 1. The van der Waals surface area contributed by atoms with Crippen molar-refractivity contribution in [1.29, 1.82) is 0 Å². The van der Waals surface area contributed by atoms with Crippen molar-refractivity contribution in [3.05, 3.63) is 24.2 Å². The van der Waals surface area contributed by atoms with Gasteiger partial charge in [-0.15, -0.1) is 0 Å². The molecule has 1 aromatic heterocycles. The number of likely N-dealkylation sites (tertiary alicyclic amines) is 1. The second-order valence-electron chi connectivity index (χ2n) is 4.95. The molecule has 1 unspecified atom stereocenters. The first-order valence-corrected chi connectivity index (χ1v) is 6.26. The van der Waals surface area contributed by atoms with E-state index in [1.54, 1.807) is 6.26 Å². The number of carbonyl (C=O) groups excluding carboxylic acids is 1. The van der Waals surface area contributed by atoms with Gasteiger partial charge in [-0.3, -0.25) is 0 Å². The Labute approximate surface area is 102 Å². The van der Waals surface area contributed by atoms with E-state index in [1.807, 2.05) is 17.0 Å². The Morgan fingerprint density at radius 1 is 1.65 bits per heavy atom. The predicted octanol–water partition coefficient (Wildman–Crippen LogP) is 2.78. The predicted molar refractivity (Wildman–Crippen MR) is 65.6 cm³/mol. The molecule has 94 valence electrons. The van der Waals surface area contributed by atoms with Gasteiger partial charge >= 0.3 is 6.03 Å². The summed E-state index contributed by atoms with van der Waals surface area (Å²) in [5.74, 6) is 1.37. The average molecular weight is 236 g/mol. The number of nitrogens with one attached hydrogen (secondary N) is 1. The van der Waals surface area contributed by atoms with Crippen molar-refractivity contribution in [3.8, 4) is 0 Å². The molecule has 0 bridgehead atoms. The Bertz CT molecular complexity index is 360. The van der Waals surface area contributed by atoms with E-state index in [2.05, 4.69) is 19.2 Å². The summed E-state index contributed by atoms with van der Waals surface area (Å²) in [6.45, 7) is 5.72. The first-order chi connectivity index (χ1) is 8.18. The number of nitrogens with zero attached hydrogens (tertiary/aromatic N) is 1. The average Bonchev–Trinajstić information content (AvgIpc) is 2.94. The van der Waals surface area contributed by atoms with E-state index in [0.29, 0.717) is 5.92 Å². The molecule has 1 saturated heterocycles. The van der Waals surface area contributed by atoms with Crippen molar-refractivity contribution in [2.45, 2.75) is 32.7 Å². The second kappa shape index (κ2) is 5.25. The highest BCUT2D eigenvalue weighted by atomic mass is 16.3. The zero-order chi connectivity index (χ0) is 12.3. The standard InChI is InChI=1S/C13H20N2O2/c1-10(2)9-14-13(16)15-7-3-5-11(15)12-6-4-8-17-12/h4,6,8,10-11H,3,5,7,9H2,1-2H3,(H,14,16). The number of rotatable bonds is 3. The topological polar surface area (TPSA) is 45.5 Å². The van der Waals surface area contributed by atoms with E-state index in [9.17, 15) is 4.79 Å². The maximum Gasteiger partial charge on any atom is 0.318 e. The quantitative estimate of drug-likeness (QED) is 0.877. The van der Waals surface area contributed by atoms with Gasteiger partial charge in [0, 0.05) is 13.1 Å². The fraction of sp³-hybridized carbons (Fsp3) is 0.615. The van der Waals surface area contributed by atoms with E-state index in [1.165, 1.54) is 0 Å². The van der Waals surface area contributed by atoms with E-state index in [0.717, 1.165) is 31.7 Å². The third-order valence-electron chi connectivity index (χ3n) is 3.05. The van der Waals surface area contributed by atoms with Gasteiger partial charge in [0.05, 0.1) is 12.3 Å². The smallest absolute Gasteiger partial charge is 0.318 e. The summed E-state index contributed by atoms with van der Waals surface area (Å²) in [5, 5.41) is 2.96. The minimum Gasteiger partial charge on any atom is -0.467 e. The van der Waals surface area contributed by atoms with Crippen LogP contribution in [0.3, 0.4) is 0 Å². The fourth-order valence-corrected chi connectivity index (χ4v) is 2.18. The fourth-order valence-electron chi connectivity index (χ4n) is 2.18. The molecule has 1 aliphatic heterocycles. The second-order valence-corrected chi connectivity index (χ2v) is 4.95. The molecule has 4 heteroatoms. The van der Waals surface area contributed by atoms with Crippen LogP contribution >= 0.6 is 0 Å². The molecule has 0 saturated carbocycles. The zero-order valence-corrected chi connectivity index (χ0v) is 10.5. The van der Waals surface area contributed by atoms with Crippen LogP contribution in [0.5, 0.6) is 0 Å². The van der Waals surface area contributed by atoms with Crippen molar-refractivity contribution in [1.82, 2.24) is 10.2 Å². The summed E-state index contributed by atoms with van der Waals surface area (Å²) in [6, 6.07) is 3.95. The third kappa shape index (κ3) is 2.81. The van der Waals surface area contributed by atoms with Gasteiger partial charge in [0.2, 0.25) is 0 Å². The van der Waals surface area contributed by atoms with Crippen LogP contribution in [-0.4, -0.2) is 24.0 Å². The van der Waals surface area contributed by atoms with Crippen molar-refractivity contribution in [2.24, 2.45) is 5.92 Å². The van der Waals surface area contributed by atoms with Gasteiger partial charge in [-0.1, -0.05) is 13.8 Å². The summed E-state index contributed by atoms with van der Waals surface area (Å²) in [5.41, 5.74) is 0. The van der Waals surface area contributed by atoms with Crippen LogP contribution in [0.15, 0.2) is 22.8 Å².